The van der Waals surface area contributed by atoms with Gasteiger partial charge in [-0.25, -0.2) is 0 Å². The number of hydrogen-bond donors (Lipinski definition) is 1. The van der Waals surface area contributed by atoms with E-state index in [0.29, 0.717) is 0 Å². The van der Waals surface area contributed by atoms with E-state index in [1.807, 2.05) is 24.3 Å². The third kappa shape index (κ3) is 1.82. The molecule has 0 aliphatic heterocycles. The summed E-state index contributed by atoms with van der Waals surface area (Å²) in [5, 5.41) is 0.785. The van der Waals surface area contributed by atoms with Crippen LogP contribution in [0, 0.1) is 0 Å². The minimum absolute atomic E-state index is 0. The van der Waals surface area contributed by atoms with Gasteiger partial charge in [0, 0.05) is 0 Å². The summed E-state index contributed by atoms with van der Waals surface area (Å²) in [6.45, 7) is 0. The molecule has 2 nitrogen and oxygen atoms in total. The van der Waals surface area contributed by atoms with E-state index in [4.69, 9.17) is 0 Å². The quantitative estimate of drug-likeness (QED) is 0.618. The van der Waals surface area contributed by atoms with Crippen LogP contribution in [0.25, 0.3) is 10.1 Å². The van der Waals surface area contributed by atoms with Gasteiger partial charge in [0.1, 0.15) is 0 Å². The first-order valence-electron chi connectivity index (χ1n) is 2.94. The summed E-state index contributed by atoms with van der Waals surface area (Å²) in [5.74, 6) is 0. The number of benzene rings is 1. The standard InChI is InChI=1S/C7H5NOS.K.H/c9-7-5-3-1-2-4-6(5)10-8-7;;/h1-4H,(H,8,9);;. The third-order valence-corrected chi connectivity index (χ3v) is 2.25. The molecule has 0 saturated heterocycles. The van der Waals surface area contributed by atoms with Gasteiger partial charge in [0.05, 0.1) is 10.1 Å². The summed E-state index contributed by atoms with van der Waals surface area (Å²) in [6.07, 6.45) is 0. The number of nitrogens with one attached hydrogen (secondary N) is 1. The third-order valence-electron chi connectivity index (χ3n) is 1.39. The molecule has 2 rings (SSSR count). The molecule has 0 bridgehead atoms. The van der Waals surface area contributed by atoms with Gasteiger partial charge in [-0.2, -0.15) is 0 Å². The predicted molar refractivity (Wildman–Crippen MR) is 49.6 cm³/mol. The molecule has 2 aromatic rings. The van der Waals surface area contributed by atoms with Crippen molar-refractivity contribution in [1.82, 2.24) is 4.37 Å². The molecule has 52 valence electrons. The van der Waals surface area contributed by atoms with Crippen molar-refractivity contribution in [2.45, 2.75) is 0 Å². The molecule has 0 fully saturated rings. The molecule has 4 heteroatoms. The molecule has 11 heavy (non-hydrogen) atoms. The molecular weight excluding hydrogens is 185 g/mol. The summed E-state index contributed by atoms with van der Waals surface area (Å²) in [5.41, 5.74) is 0.0144. The molecule has 1 N–H and O–H groups in total. The van der Waals surface area contributed by atoms with E-state index in [1.54, 1.807) is 0 Å². The molecular formula is C7H6KNOS. The van der Waals surface area contributed by atoms with E-state index in [-0.39, 0.29) is 56.9 Å². The second-order valence-electron chi connectivity index (χ2n) is 2.03. The SMILES string of the molecule is O=c1[nH]sc2ccccc12.[KH]. The van der Waals surface area contributed by atoms with Crippen molar-refractivity contribution in [2.24, 2.45) is 0 Å². The van der Waals surface area contributed by atoms with Gasteiger partial charge in [0.25, 0.3) is 5.56 Å². The molecule has 0 aliphatic rings. The number of H-pyrrole nitrogens is 1. The van der Waals surface area contributed by atoms with Gasteiger partial charge in [-0.3, -0.25) is 9.17 Å². The summed E-state index contributed by atoms with van der Waals surface area (Å²) in [4.78, 5) is 10.9. The zero-order valence-corrected chi connectivity index (χ0v) is 5.94. The fourth-order valence-electron chi connectivity index (χ4n) is 0.900. The zero-order valence-electron chi connectivity index (χ0n) is 5.13. The first-order chi connectivity index (χ1) is 4.88. The van der Waals surface area contributed by atoms with Crippen LogP contribution < -0.4 is 5.56 Å². The van der Waals surface area contributed by atoms with Gasteiger partial charge >= 0.3 is 51.4 Å². The van der Waals surface area contributed by atoms with Crippen molar-refractivity contribution in [3.8, 4) is 0 Å². The number of fused-ring (bicyclic) bond motifs is 1. The van der Waals surface area contributed by atoms with Crippen LogP contribution in [-0.4, -0.2) is 55.8 Å². The van der Waals surface area contributed by atoms with Crippen LogP contribution in [0.4, 0.5) is 0 Å². The molecule has 1 aromatic heterocycles. The van der Waals surface area contributed by atoms with Gasteiger partial charge in [0.15, 0.2) is 0 Å². The monoisotopic (exact) mass is 191 g/mol. The predicted octanol–water partition coefficient (Wildman–Crippen LogP) is 0.941. The molecule has 1 aromatic carbocycles. The first-order valence-corrected chi connectivity index (χ1v) is 3.76. The van der Waals surface area contributed by atoms with Crippen LogP contribution in [0.3, 0.4) is 0 Å². The Kier molecular flexibility index (Phi) is 3.48. The van der Waals surface area contributed by atoms with E-state index in [1.165, 1.54) is 11.5 Å². The summed E-state index contributed by atoms with van der Waals surface area (Å²) in [6, 6.07) is 7.54. The fourth-order valence-corrected chi connectivity index (χ4v) is 1.63. The Morgan fingerprint density at radius 1 is 1.27 bits per heavy atom. The molecule has 0 amide bonds. The molecule has 1 heterocycles. The van der Waals surface area contributed by atoms with Crippen LogP contribution in [0.1, 0.15) is 0 Å². The van der Waals surface area contributed by atoms with Gasteiger partial charge in [-0.05, 0) is 12.1 Å². The number of aromatic amines is 1. The topological polar surface area (TPSA) is 32.9 Å². The van der Waals surface area contributed by atoms with Gasteiger partial charge < -0.3 is 0 Å². The Morgan fingerprint density at radius 2 is 2.00 bits per heavy atom. The average Bonchev–Trinajstić information content (AvgIpc) is 2.34. The number of rotatable bonds is 0. The van der Waals surface area contributed by atoms with E-state index in [0.717, 1.165) is 10.1 Å². The van der Waals surface area contributed by atoms with Crippen LogP contribution in [0.15, 0.2) is 29.1 Å². The Labute approximate surface area is 110 Å². The molecule has 0 saturated carbocycles. The Balaban J connectivity index is 0.000000605. The van der Waals surface area contributed by atoms with Crippen molar-refractivity contribution in [2.75, 3.05) is 0 Å². The zero-order chi connectivity index (χ0) is 6.97. The van der Waals surface area contributed by atoms with E-state index < -0.39 is 0 Å². The van der Waals surface area contributed by atoms with Gasteiger partial charge in [-0.1, -0.05) is 23.7 Å². The molecule has 0 spiro atoms. The van der Waals surface area contributed by atoms with Crippen LogP contribution >= 0.6 is 11.5 Å². The van der Waals surface area contributed by atoms with E-state index in [9.17, 15) is 4.79 Å². The Bertz CT molecular complexity index is 406. The molecule has 0 radical (unpaired) electrons. The molecule has 0 atom stereocenters. The first kappa shape index (κ1) is 9.63. The normalized spacial score (nSPS) is 9.45. The van der Waals surface area contributed by atoms with Gasteiger partial charge in [-0.15, -0.1) is 0 Å². The molecule has 0 aliphatic carbocycles. The molecule has 0 unspecified atom stereocenters. The Morgan fingerprint density at radius 3 is 2.73 bits per heavy atom. The van der Waals surface area contributed by atoms with E-state index >= 15 is 0 Å². The fraction of sp³-hybridized carbons (Fsp3) is 0. The van der Waals surface area contributed by atoms with Gasteiger partial charge in [0.2, 0.25) is 0 Å². The number of hydrogen-bond acceptors (Lipinski definition) is 2. The average molecular weight is 191 g/mol. The summed E-state index contributed by atoms with van der Waals surface area (Å²) in [7, 11) is 0. The van der Waals surface area contributed by atoms with Crippen molar-refractivity contribution in [1.29, 1.82) is 0 Å². The van der Waals surface area contributed by atoms with Crippen molar-refractivity contribution >= 4 is 73.0 Å². The van der Waals surface area contributed by atoms with Crippen LogP contribution in [-0.2, 0) is 0 Å². The van der Waals surface area contributed by atoms with Crippen molar-refractivity contribution in [3.05, 3.63) is 34.6 Å². The Hall–Kier alpha value is 0.546. The second-order valence-corrected chi connectivity index (χ2v) is 2.88. The summed E-state index contributed by atoms with van der Waals surface area (Å²) < 4.78 is 3.68. The maximum absolute atomic E-state index is 10.9. The second kappa shape index (κ2) is 3.98. The van der Waals surface area contributed by atoms with Crippen molar-refractivity contribution < 1.29 is 0 Å². The van der Waals surface area contributed by atoms with Crippen LogP contribution in [0.2, 0.25) is 0 Å². The summed E-state index contributed by atoms with van der Waals surface area (Å²) >= 11 is 1.38. The van der Waals surface area contributed by atoms with E-state index in [2.05, 4.69) is 4.37 Å². The van der Waals surface area contributed by atoms with Crippen molar-refractivity contribution in [3.63, 3.8) is 0 Å². The minimum atomic E-state index is 0. The maximum atomic E-state index is 10.9. The van der Waals surface area contributed by atoms with Crippen LogP contribution in [0.5, 0.6) is 0 Å². The number of aromatic nitrogens is 1.